The fourth-order valence-corrected chi connectivity index (χ4v) is 1.72. The number of ether oxygens (including phenoxy) is 4. The number of ketones is 1. The van der Waals surface area contributed by atoms with E-state index in [1.165, 1.54) is 13.8 Å². The van der Waals surface area contributed by atoms with Crippen LogP contribution in [0.2, 0.25) is 0 Å². The van der Waals surface area contributed by atoms with Crippen molar-refractivity contribution in [1.82, 2.24) is 0 Å². The first-order valence-corrected chi connectivity index (χ1v) is 6.68. The molecule has 1 aliphatic rings. The summed E-state index contributed by atoms with van der Waals surface area (Å²) in [5.74, 6) is 0.792. The number of Topliss-reactive ketones (excluding diaryl/α,β-unsaturated/α-hetero) is 1. The van der Waals surface area contributed by atoms with Crippen LogP contribution in [0.1, 0.15) is 20.8 Å². The number of rotatable bonds is 6. The van der Waals surface area contributed by atoms with Gasteiger partial charge in [-0.25, -0.2) is 0 Å². The molecular weight excluding hydrogens is 276 g/mol. The molecule has 1 aliphatic heterocycles. The molecule has 1 aromatic rings. The first kappa shape index (κ1) is 15.2. The standard InChI is InChI=1S/C15H18O6/c1-4-18-14(17)15(2,3)13(16)8-19-10-5-6-11-12(7-10)21-9-20-11/h5-7H,4,8-9H2,1-3H3. The molecule has 114 valence electrons. The summed E-state index contributed by atoms with van der Waals surface area (Å²) in [7, 11) is 0. The van der Waals surface area contributed by atoms with E-state index in [1.54, 1.807) is 25.1 Å². The summed E-state index contributed by atoms with van der Waals surface area (Å²) in [5, 5.41) is 0. The maximum Gasteiger partial charge on any atom is 0.319 e. The zero-order valence-corrected chi connectivity index (χ0v) is 12.3. The molecule has 6 nitrogen and oxygen atoms in total. The number of hydrogen-bond donors (Lipinski definition) is 0. The molecule has 1 heterocycles. The van der Waals surface area contributed by atoms with Crippen molar-refractivity contribution in [2.45, 2.75) is 20.8 Å². The zero-order valence-electron chi connectivity index (χ0n) is 12.3. The minimum Gasteiger partial charge on any atom is -0.486 e. The van der Waals surface area contributed by atoms with Gasteiger partial charge in [0.15, 0.2) is 17.3 Å². The lowest BCUT2D eigenvalue weighted by Gasteiger charge is -2.20. The fourth-order valence-electron chi connectivity index (χ4n) is 1.72. The van der Waals surface area contributed by atoms with Crippen LogP contribution in [0.25, 0.3) is 0 Å². The summed E-state index contributed by atoms with van der Waals surface area (Å²) in [6, 6.07) is 5.03. The monoisotopic (exact) mass is 294 g/mol. The molecule has 0 saturated heterocycles. The molecule has 0 unspecified atom stereocenters. The van der Waals surface area contributed by atoms with Crippen LogP contribution in [-0.4, -0.2) is 31.8 Å². The lowest BCUT2D eigenvalue weighted by Crippen LogP contribution is -2.38. The van der Waals surface area contributed by atoms with Crippen LogP contribution in [0.15, 0.2) is 18.2 Å². The third kappa shape index (κ3) is 3.26. The lowest BCUT2D eigenvalue weighted by molar-refractivity contribution is -0.158. The predicted molar refractivity (Wildman–Crippen MR) is 73.5 cm³/mol. The van der Waals surface area contributed by atoms with Gasteiger partial charge in [-0.15, -0.1) is 0 Å². The highest BCUT2D eigenvalue weighted by Gasteiger charge is 2.37. The molecule has 0 saturated carbocycles. The van der Waals surface area contributed by atoms with Crippen molar-refractivity contribution in [3.63, 3.8) is 0 Å². The predicted octanol–water partition coefficient (Wildman–Crippen LogP) is 1.95. The molecule has 0 N–H and O–H groups in total. The van der Waals surface area contributed by atoms with E-state index < -0.39 is 11.4 Å². The van der Waals surface area contributed by atoms with E-state index in [1.807, 2.05) is 0 Å². The maximum atomic E-state index is 12.1. The smallest absolute Gasteiger partial charge is 0.319 e. The molecule has 6 heteroatoms. The van der Waals surface area contributed by atoms with Crippen molar-refractivity contribution >= 4 is 11.8 Å². The number of hydrogen-bond acceptors (Lipinski definition) is 6. The third-order valence-corrected chi connectivity index (χ3v) is 3.20. The number of benzene rings is 1. The average molecular weight is 294 g/mol. The maximum absolute atomic E-state index is 12.1. The summed E-state index contributed by atoms with van der Waals surface area (Å²) >= 11 is 0. The van der Waals surface area contributed by atoms with Gasteiger partial charge in [-0.2, -0.15) is 0 Å². The van der Waals surface area contributed by atoms with Gasteiger partial charge in [-0.3, -0.25) is 9.59 Å². The zero-order chi connectivity index (χ0) is 15.5. The normalized spacial score (nSPS) is 12.9. The van der Waals surface area contributed by atoms with Crippen LogP contribution < -0.4 is 14.2 Å². The molecule has 0 fully saturated rings. The van der Waals surface area contributed by atoms with Gasteiger partial charge < -0.3 is 18.9 Å². The Hall–Kier alpha value is -2.24. The largest absolute Gasteiger partial charge is 0.486 e. The van der Waals surface area contributed by atoms with E-state index in [-0.39, 0.29) is 25.8 Å². The van der Waals surface area contributed by atoms with Crippen LogP contribution in [0, 0.1) is 5.41 Å². The first-order valence-electron chi connectivity index (χ1n) is 6.68. The van der Waals surface area contributed by atoms with Crippen molar-refractivity contribution in [3.8, 4) is 17.2 Å². The SMILES string of the molecule is CCOC(=O)C(C)(C)C(=O)COc1ccc2c(c1)OCO2. The van der Waals surface area contributed by atoms with Gasteiger partial charge >= 0.3 is 5.97 Å². The van der Waals surface area contributed by atoms with Crippen LogP contribution in [0.3, 0.4) is 0 Å². The van der Waals surface area contributed by atoms with Crippen LogP contribution in [0.5, 0.6) is 17.2 Å². The molecule has 2 rings (SSSR count). The average Bonchev–Trinajstić information content (AvgIpc) is 2.92. The van der Waals surface area contributed by atoms with E-state index >= 15 is 0 Å². The Kier molecular flexibility index (Phi) is 4.35. The lowest BCUT2D eigenvalue weighted by atomic mass is 9.88. The Morgan fingerprint density at radius 1 is 1.24 bits per heavy atom. The van der Waals surface area contributed by atoms with Gasteiger partial charge in [0.1, 0.15) is 17.8 Å². The van der Waals surface area contributed by atoms with Crippen LogP contribution >= 0.6 is 0 Å². The van der Waals surface area contributed by atoms with Crippen molar-refractivity contribution in [2.24, 2.45) is 5.41 Å². The molecule has 1 aromatic carbocycles. The van der Waals surface area contributed by atoms with Crippen molar-refractivity contribution in [3.05, 3.63) is 18.2 Å². The van der Waals surface area contributed by atoms with E-state index in [0.717, 1.165) is 0 Å². The van der Waals surface area contributed by atoms with E-state index in [0.29, 0.717) is 17.2 Å². The highest BCUT2D eigenvalue weighted by Crippen LogP contribution is 2.35. The second kappa shape index (κ2) is 6.03. The molecule has 0 bridgehead atoms. The van der Waals surface area contributed by atoms with E-state index in [4.69, 9.17) is 18.9 Å². The van der Waals surface area contributed by atoms with E-state index in [2.05, 4.69) is 0 Å². The van der Waals surface area contributed by atoms with Gasteiger partial charge in [0.2, 0.25) is 6.79 Å². The van der Waals surface area contributed by atoms with Gasteiger partial charge in [-0.1, -0.05) is 0 Å². The van der Waals surface area contributed by atoms with Gasteiger partial charge in [-0.05, 0) is 32.9 Å². The Morgan fingerprint density at radius 2 is 1.95 bits per heavy atom. The second-order valence-electron chi connectivity index (χ2n) is 5.07. The molecule has 0 radical (unpaired) electrons. The third-order valence-electron chi connectivity index (χ3n) is 3.20. The first-order chi connectivity index (χ1) is 9.95. The molecule has 0 aliphatic carbocycles. The number of carbonyl (C=O) groups excluding carboxylic acids is 2. The van der Waals surface area contributed by atoms with Gasteiger partial charge in [0.25, 0.3) is 0 Å². The summed E-state index contributed by atoms with van der Waals surface area (Å²) in [6.45, 7) is 4.94. The Bertz CT molecular complexity index is 549. The summed E-state index contributed by atoms with van der Waals surface area (Å²) in [6.07, 6.45) is 0. The quantitative estimate of drug-likeness (QED) is 0.590. The molecule has 0 amide bonds. The molecule has 0 atom stereocenters. The summed E-state index contributed by atoms with van der Waals surface area (Å²) in [5.41, 5.74) is -1.23. The summed E-state index contributed by atoms with van der Waals surface area (Å²) in [4.78, 5) is 23.8. The van der Waals surface area contributed by atoms with Crippen LogP contribution in [-0.2, 0) is 14.3 Å². The number of fused-ring (bicyclic) bond motifs is 1. The Labute approximate surface area is 122 Å². The van der Waals surface area contributed by atoms with Crippen molar-refractivity contribution < 1.29 is 28.5 Å². The molecule has 0 aromatic heterocycles. The van der Waals surface area contributed by atoms with Gasteiger partial charge in [0, 0.05) is 6.07 Å². The molecule has 21 heavy (non-hydrogen) atoms. The summed E-state index contributed by atoms with van der Waals surface area (Å²) < 4.78 is 20.7. The topological polar surface area (TPSA) is 71.1 Å². The van der Waals surface area contributed by atoms with Crippen molar-refractivity contribution in [1.29, 1.82) is 0 Å². The van der Waals surface area contributed by atoms with Gasteiger partial charge in [0.05, 0.1) is 6.61 Å². The van der Waals surface area contributed by atoms with Crippen LogP contribution in [0.4, 0.5) is 0 Å². The van der Waals surface area contributed by atoms with E-state index in [9.17, 15) is 9.59 Å². The minimum atomic E-state index is -1.23. The molecule has 0 spiro atoms. The number of carbonyl (C=O) groups is 2. The fraction of sp³-hybridized carbons (Fsp3) is 0.467. The highest BCUT2D eigenvalue weighted by atomic mass is 16.7. The Balaban J connectivity index is 1.96. The highest BCUT2D eigenvalue weighted by molar-refractivity contribution is 6.03. The second-order valence-corrected chi connectivity index (χ2v) is 5.07. The number of esters is 1. The molecular formula is C15H18O6. The van der Waals surface area contributed by atoms with Crippen molar-refractivity contribution in [2.75, 3.05) is 20.0 Å². The Morgan fingerprint density at radius 3 is 2.67 bits per heavy atom. The minimum absolute atomic E-state index is 0.174.